The Hall–Kier alpha value is -3.18. The molecule has 2 aromatic carbocycles. The number of nitrogens with one attached hydrogen (secondary N) is 1. The maximum Gasteiger partial charge on any atom is 0.187 e. The van der Waals surface area contributed by atoms with Crippen molar-refractivity contribution in [2.75, 3.05) is 16.8 Å². The summed E-state index contributed by atoms with van der Waals surface area (Å²) in [5.74, 6) is 0. The van der Waals surface area contributed by atoms with Gasteiger partial charge in [-0.15, -0.1) is 11.3 Å². The summed E-state index contributed by atoms with van der Waals surface area (Å²) in [5.41, 5.74) is 8.31. The summed E-state index contributed by atoms with van der Waals surface area (Å²) in [5, 5.41) is 6.42. The number of nitrogens with zero attached hydrogens (tertiary/aromatic N) is 3. The molecule has 0 amide bonds. The highest BCUT2D eigenvalue weighted by Crippen LogP contribution is 2.40. The van der Waals surface area contributed by atoms with Gasteiger partial charge in [0.15, 0.2) is 5.13 Å². The molecule has 0 spiro atoms. The minimum atomic E-state index is 0.887. The molecular formula is C23H20N4S. The Morgan fingerprint density at radius 2 is 2.00 bits per heavy atom. The molecule has 0 fully saturated rings. The van der Waals surface area contributed by atoms with E-state index in [2.05, 4.69) is 70.0 Å². The molecule has 0 unspecified atom stereocenters. The van der Waals surface area contributed by atoms with Crippen LogP contribution in [-0.2, 0) is 6.54 Å². The van der Waals surface area contributed by atoms with E-state index in [0.29, 0.717) is 0 Å². The van der Waals surface area contributed by atoms with Crippen LogP contribution in [0, 0.1) is 0 Å². The van der Waals surface area contributed by atoms with Gasteiger partial charge >= 0.3 is 0 Å². The van der Waals surface area contributed by atoms with E-state index in [9.17, 15) is 0 Å². The first kappa shape index (κ1) is 17.0. The quantitative estimate of drug-likeness (QED) is 0.472. The smallest absolute Gasteiger partial charge is 0.187 e. The topological polar surface area (TPSA) is 41.0 Å². The van der Waals surface area contributed by atoms with Crippen LogP contribution < -0.4 is 10.2 Å². The van der Waals surface area contributed by atoms with E-state index < -0.39 is 0 Å². The standard InChI is InChI=1S/C23H20N4S/c1-2-27-14-17-9-10-18(12-20(17)19-7-3-4-8-22(19)27)25-23-26-21(15-28-23)16-6-5-11-24-13-16/h3-13,15H,2,14H2,1H3,(H,25,26). The zero-order chi connectivity index (χ0) is 18.9. The van der Waals surface area contributed by atoms with Gasteiger partial charge in [-0.25, -0.2) is 4.98 Å². The summed E-state index contributed by atoms with van der Waals surface area (Å²) in [4.78, 5) is 11.3. The van der Waals surface area contributed by atoms with Gasteiger partial charge in [-0.3, -0.25) is 4.98 Å². The molecule has 1 N–H and O–H groups in total. The number of aromatic nitrogens is 2. The Labute approximate surface area is 168 Å². The normalized spacial score (nSPS) is 12.4. The molecular weight excluding hydrogens is 364 g/mol. The Balaban J connectivity index is 1.46. The van der Waals surface area contributed by atoms with E-state index in [4.69, 9.17) is 4.98 Å². The van der Waals surface area contributed by atoms with Crippen LogP contribution in [0.3, 0.4) is 0 Å². The van der Waals surface area contributed by atoms with Crippen molar-refractivity contribution in [3.8, 4) is 22.4 Å². The minimum Gasteiger partial charge on any atom is -0.367 e. The van der Waals surface area contributed by atoms with Gasteiger partial charge in [0.2, 0.25) is 0 Å². The van der Waals surface area contributed by atoms with Crippen molar-refractivity contribution < 1.29 is 0 Å². The summed E-state index contributed by atoms with van der Waals surface area (Å²) in [7, 11) is 0. The Kier molecular flexibility index (Phi) is 4.29. The van der Waals surface area contributed by atoms with Crippen molar-refractivity contribution in [1.29, 1.82) is 0 Å². The second-order valence-electron chi connectivity index (χ2n) is 6.81. The summed E-state index contributed by atoms with van der Waals surface area (Å²) in [6.07, 6.45) is 3.62. The van der Waals surface area contributed by atoms with Crippen molar-refractivity contribution in [3.63, 3.8) is 0 Å². The van der Waals surface area contributed by atoms with Gasteiger partial charge in [-0.1, -0.05) is 24.3 Å². The Bertz CT molecular complexity index is 1120. The molecule has 5 heteroatoms. The van der Waals surface area contributed by atoms with Gasteiger partial charge in [-0.2, -0.15) is 0 Å². The molecule has 2 aromatic heterocycles. The van der Waals surface area contributed by atoms with Gasteiger partial charge in [0.05, 0.1) is 5.69 Å². The average Bonchev–Trinajstić information content (AvgIpc) is 3.22. The molecule has 0 saturated carbocycles. The maximum atomic E-state index is 4.72. The fraction of sp³-hybridized carbons (Fsp3) is 0.130. The Morgan fingerprint density at radius 1 is 1.07 bits per heavy atom. The number of pyridine rings is 1. The van der Waals surface area contributed by atoms with E-state index in [1.165, 1.54) is 22.4 Å². The molecule has 4 nitrogen and oxygen atoms in total. The van der Waals surface area contributed by atoms with Crippen molar-refractivity contribution in [3.05, 3.63) is 77.9 Å². The fourth-order valence-electron chi connectivity index (χ4n) is 3.69. The van der Waals surface area contributed by atoms with E-state index >= 15 is 0 Å². The zero-order valence-electron chi connectivity index (χ0n) is 15.6. The number of anilines is 3. The van der Waals surface area contributed by atoms with Crippen LogP contribution >= 0.6 is 11.3 Å². The molecule has 5 rings (SSSR count). The number of para-hydroxylation sites is 1. The molecule has 0 bridgehead atoms. The molecule has 0 saturated heterocycles. The zero-order valence-corrected chi connectivity index (χ0v) is 16.4. The molecule has 138 valence electrons. The van der Waals surface area contributed by atoms with E-state index in [-0.39, 0.29) is 0 Å². The molecule has 3 heterocycles. The second-order valence-corrected chi connectivity index (χ2v) is 7.67. The van der Waals surface area contributed by atoms with Gasteiger partial charge in [0.25, 0.3) is 0 Å². The van der Waals surface area contributed by atoms with Crippen LogP contribution in [0.4, 0.5) is 16.5 Å². The lowest BCUT2D eigenvalue weighted by Crippen LogP contribution is -2.25. The van der Waals surface area contributed by atoms with E-state index in [1.807, 2.05) is 18.3 Å². The van der Waals surface area contributed by atoms with Crippen molar-refractivity contribution in [2.45, 2.75) is 13.5 Å². The van der Waals surface area contributed by atoms with Crippen LogP contribution in [0.1, 0.15) is 12.5 Å². The first-order chi connectivity index (χ1) is 13.8. The highest BCUT2D eigenvalue weighted by atomic mass is 32.1. The summed E-state index contributed by atoms with van der Waals surface area (Å²) in [6, 6.07) is 19.2. The summed E-state index contributed by atoms with van der Waals surface area (Å²) >= 11 is 1.61. The van der Waals surface area contributed by atoms with Crippen LogP contribution in [0.25, 0.3) is 22.4 Å². The van der Waals surface area contributed by atoms with Crippen LogP contribution in [0.15, 0.2) is 72.4 Å². The molecule has 28 heavy (non-hydrogen) atoms. The summed E-state index contributed by atoms with van der Waals surface area (Å²) < 4.78 is 0. The SMILES string of the molecule is CCN1Cc2ccc(Nc3nc(-c4cccnc4)cs3)cc2-c2ccccc21. The first-order valence-corrected chi connectivity index (χ1v) is 10.3. The van der Waals surface area contributed by atoms with Crippen molar-refractivity contribution >= 4 is 27.8 Å². The lowest BCUT2D eigenvalue weighted by Gasteiger charge is -2.32. The minimum absolute atomic E-state index is 0.887. The lowest BCUT2D eigenvalue weighted by atomic mass is 9.93. The van der Waals surface area contributed by atoms with Gasteiger partial charge in [0.1, 0.15) is 0 Å². The third kappa shape index (κ3) is 3.04. The van der Waals surface area contributed by atoms with Gasteiger partial charge in [0, 0.05) is 53.4 Å². The average molecular weight is 385 g/mol. The molecule has 1 aliphatic rings. The van der Waals surface area contributed by atoms with Crippen LogP contribution in [0.5, 0.6) is 0 Å². The monoisotopic (exact) mass is 384 g/mol. The van der Waals surface area contributed by atoms with E-state index in [1.54, 1.807) is 17.5 Å². The van der Waals surface area contributed by atoms with Crippen LogP contribution in [0.2, 0.25) is 0 Å². The predicted molar refractivity (Wildman–Crippen MR) is 117 cm³/mol. The van der Waals surface area contributed by atoms with Gasteiger partial charge < -0.3 is 10.2 Å². The number of fused-ring (bicyclic) bond motifs is 3. The third-order valence-electron chi connectivity index (χ3n) is 5.10. The number of hydrogen-bond donors (Lipinski definition) is 1. The molecule has 0 atom stereocenters. The largest absolute Gasteiger partial charge is 0.367 e. The molecule has 4 aromatic rings. The van der Waals surface area contributed by atoms with Crippen LogP contribution in [-0.4, -0.2) is 16.5 Å². The fourth-order valence-corrected chi connectivity index (χ4v) is 4.43. The van der Waals surface area contributed by atoms with Crippen molar-refractivity contribution in [2.24, 2.45) is 0 Å². The first-order valence-electron chi connectivity index (χ1n) is 9.42. The molecule has 0 radical (unpaired) electrons. The van der Waals surface area contributed by atoms with Crippen molar-refractivity contribution in [1.82, 2.24) is 9.97 Å². The second kappa shape index (κ2) is 7.09. The Morgan fingerprint density at radius 3 is 2.86 bits per heavy atom. The highest BCUT2D eigenvalue weighted by molar-refractivity contribution is 7.14. The number of thiazole rings is 1. The number of rotatable bonds is 4. The highest BCUT2D eigenvalue weighted by Gasteiger charge is 2.21. The number of benzene rings is 2. The lowest BCUT2D eigenvalue weighted by molar-refractivity contribution is 0.823. The maximum absolute atomic E-state index is 4.72. The predicted octanol–water partition coefficient (Wildman–Crippen LogP) is 5.96. The molecule has 0 aliphatic carbocycles. The van der Waals surface area contributed by atoms with E-state index in [0.717, 1.165) is 35.2 Å². The van der Waals surface area contributed by atoms with Gasteiger partial charge in [-0.05, 0) is 48.4 Å². The summed E-state index contributed by atoms with van der Waals surface area (Å²) in [6.45, 7) is 4.16. The third-order valence-corrected chi connectivity index (χ3v) is 5.86. The number of hydrogen-bond acceptors (Lipinski definition) is 5. The molecule has 1 aliphatic heterocycles.